The molecule has 2 heterocycles. The summed E-state index contributed by atoms with van der Waals surface area (Å²) in [5, 5.41) is 6.69. The minimum atomic E-state index is 0.373. The lowest BCUT2D eigenvalue weighted by atomic mass is 10.0. The Labute approximate surface area is 115 Å². The van der Waals surface area contributed by atoms with Crippen LogP contribution in [0.25, 0.3) is 0 Å². The van der Waals surface area contributed by atoms with E-state index in [0.717, 1.165) is 44.1 Å². The van der Waals surface area contributed by atoms with Crippen molar-refractivity contribution >= 4 is 11.6 Å². The van der Waals surface area contributed by atoms with E-state index in [9.17, 15) is 0 Å². The number of ether oxygens (including phenoxy) is 1. The lowest BCUT2D eigenvalue weighted by Crippen LogP contribution is -2.27. The van der Waals surface area contributed by atoms with Crippen LogP contribution in [0.2, 0.25) is 0 Å². The fourth-order valence-electron chi connectivity index (χ4n) is 2.52. The molecule has 0 bridgehead atoms. The molecule has 0 radical (unpaired) electrons. The standard InChI is InChI=1S/C14H24N4O/c1-4-5-12-13(15-3)16-9-17-14(12)18-10(2)11-6-7-19-8-11/h9-11H,4-8H2,1-3H3,(H2,15,16,17,18). The predicted octanol–water partition coefficient (Wildman–Crippen LogP) is 2.31. The van der Waals surface area contributed by atoms with Gasteiger partial charge in [0.2, 0.25) is 0 Å². The highest BCUT2D eigenvalue weighted by atomic mass is 16.5. The second-order valence-corrected chi connectivity index (χ2v) is 5.11. The smallest absolute Gasteiger partial charge is 0.134 e. The van der Waals surface area contributed by atoms with Gasteiger partial charge in [-0.15, -0.1) is 0 Å². The van der Waals surface area contributed by atoms with Crippen LogP contribution in [0.1, 0.15) is 32.3 Å². The number of hydrogen-bond acceptors (Lipinski definition) is 5. The number of nitrogens with one attached hydrogen (secondary N) is 2. The zero-order valence-corrected chi connectivity index (χ0v) is 12.1. The summed E-state index contributed by atoms with van der Waals surface area (Å²) >= 11 is 0. The van der Waals surface area contributed by atoms with Crippen molar-refractivity contribution in [2.45, 2.75) is 39.2 Å². The van der Waals surface area contributed by atoms with Crippen molar-refractivity contribution in [3.8, 4) is 0 Å². The molecule has 0 amide bonds. The average molecular weight is 264 g/mol. The molecule has 1 fully saturated rings. The van der Waals surface area contributed by atoms with Gasteiger partial charge in [0.05, 0.1) is 6.61 Å². The molecule has 0 aliphatic carbocycles. The third-order valence-electron chi connectivity index (χ3n) is 3.72. The van der Waals surface area contributed by atoms with Crippen LogP contribution in [0.3, 0.4) is 0 Å². The van der Waals surface area contributed by atoms with Gasteiger partial charge in [-0.25, -0.2) is 9.97 Å². The van der Waals surface area contributed by atoms with E-state index >= 15 is 0 Å². The first-order valence-corrected chi connectivity index (χ1v) is 7.12. The molecule has 1 aromatic heterocycles. The highest BCUT2D eigenvalue weighted by Crippen LogP contribution is 2.25. The van der Waals surface area contributed by atoms with Crippen LogP contribution >= 0.6 is 0 Å². The monoisotopic (exact) mass is 264 g/mol. The predicted molar refractivity (Wildman–Crippen MR) is 77.6 cm³/mol. The molecule has 5 heteroatoms. The van der Waals surface area contributed by atoms with Gasteiger partial charge in [-0.3, -0.25) is 0 Å². The minimum Gasteiger partial charge on any atom is -0.381 e. The van der Waals surface area contributed by atoms with Gasteiger partial charge in [0.25, 0.3) is 0 Å². The second-order valence-electron chi connectivity index (χ2n) is 5.11. The van der Waals surface area contributed by atoms with Crippen molar-refractivity contribution in [2.75, 3.05) is 30.9 Å². The van der Waals surface area contributed by atoms with Gasteiger partial charge in [0.1, 0.15) is 18.0 Å². The Morgan fingerprint density at radius 2 is 2.21 bits per heavy atom. The average Bonchev–Trinajstić information content (AvgIpc) is 2.95. The first-order chi connectivity index (χ1) is 9.26. The highest BCUT2D eigenvalue weighted by molar-refractivity contribution is 5.57. The fourth-order valence-corrected chi connectivity index (χ4v) is 2.52. The molecule has 1 aromatic rings. The third-order valence-corrected chi connectivity index (χ3v) is 3.72. The van der Waals surface area contributed by atoms with Gasteiger partial charge in [0.15, 0.2) is 0 Å². The molecule has 2 N–H and O–H groups in total. The SMILES string of the molecule is CCCc1c(NC)ncnc1NC(C)C1CCOC1. The Morgan fingerprint density at radius 3 is 2.84 bits per heavy atom. The largest absolute Gasteiger partial charge is 0.381 e. The van der Waals surface area contributed by atoms with Gasteiger partial charge in [-0.05, 0) is 19.8 Å². The first-order valence-electron chi connectivity index (χ1n) is 7.12. The molecular weight excluding hydrogens is 240 g/mol. The Balaban J connectivity index is 2.13. The lowest BCUT2D eigenvalue weighted by Gasteiger charge is -2.22. The maximum Gasteiger partial charge on any atom is 0.134 e. The van der Waals surface area contributed by atoms with Gasteiger partial charge < -0.3 is 15.4 Å². The number of rotatable bonds is 6. The summed E-state index contributed by atoms with van der Waals surface area (Å²) in [5.74, 6) is 2.46. The summed E-state index contributed by atoms with van der Waals surface area (Å²) in [6.45, 7) is 6.10. The van der Waals surface area contributed by atoms with Gasteiger partial charge in [-0.1, -0.05) is 13.3 Å². The third kappa shape index (κ3) is 3.35. The molecular formula is C14H24N4O. The maximum absolute atomic E-state index is 5.45. The second kappa shape index (κ2) is 6.70. The van der Waals surface area contributed by atoms with Crippen LogP contribution in [0, 0.1) is 5.92 Å². The van der Waals surface area contributed by atoms with Crippen molar-refractivity contribution in [3.63, 3.8) is 0 Å². The normalized spacial score (nSPS) is 20.3. The van der Waals surface area contributed by atoms with E-state index in [4.69, 9.17) is 4.74 Å². The van der Waals surface area contributed by atoms with Crippen LogP contribution in [-0.2, 0) is 11.2 Å². The summed E-state index contributed by atoms with van der Waals surface area (Å²) in [5.41, 5.74) is 1.18. The molecule has 5 nitrogen and oxygen atoms in total. The van der Waals surface area contributed by atoms with Crippen LogP contribution in [0.5, 0.6) is 0 Å². The molecule has 2 unspecified atom stereocenters. The number of hydrogen-bond donors (Lipinski definition) is 2. The number of anilines is 2. The Hall–Kier alpha value is -1.36. The van der Waals surface area contributed by atoms with E-state index in [1.807, 2.05) is 7.05 Å². The van der Waals surface area contributed by atoms with Crippen LogP contribution < -0.4 is 10.6 Å². The van der Waals surface area contributed by atoms with E-state index < -0.39 is 0 Å². The summed E-state index contributed by atoms with van der Waals surface area (Å²) in [4.78, 5) is 8.71. The topological polar surface area (TPSA) is 59.1 Å². The Kier molecular flexibility index (Phi) is 4.96. The molecule has 2 atom stereocenters. The summed E-state index contributed by atoms with van der Waals surface area (Å²) in [6, 6.07) is 0.373. The molecule has 2 rings (SSSR count). The fraction of sp³-hybridized carbons (Fsp3) is 0.714. The van der Waals surface area contributed by atoms with Crippen molar-refractivity contribution in [2.24, 2.45) is 5.92 Å². The highest BCUT2D eigenvalue weighted by Gasteiger charge is 2.23. The molecule has 1 saturated heterocycles. The summed E-state index contributed by atoms with van der Waals surface area (Å²) in [6.07, 6.45) is 4.80. The maximum atomic E-state index is 5.45. The molecule has 0 saturated carbocycles. The van der Waals surface area contributed by atoms with E-state index in [1.54, 1.807) is 6.33 Å². The van der Waals surface area contributed by atoms with Gasteiger partial charge >= 0.3 is 0 Å². The van der Waals surface area contributed by atoms with E-state index in [2.05, 4.69) is 34.4 Å². The molecule has 19 heavy (non-hydrogen) atoms. The molecule has 0 spiro atoms. The van der Waals surface area contributed by atoms with Crippen LogP contribution in [0.4, 0.5) is 11.6 Å². The summed E-state index contributed by atoms with van der Waals surface area (Å²) in [7, 11) is 1.90. The van der Waals surface area contributed by atoms with E-state index in [-0.39, 0.29) is 0 Å². The van der Waals surface area contributed by atoms with Crippen molar-refractivity contribution in [1.82, 2.24) is 9.97 Å². The van der Waals surface area contributed by atoms with E-state index in [1.165, 1.54) is 5.56 Å². The van der Waals surface area contributed by atoms with Crippen LogP contribution in [-0.4, -0.2) is 36.3 Å². The molecule has 106 valence electrons. The van der Waals surface area contributed by atoms with Crippen LogP contribution in [0.15, 0.2) is 6.33 Å². The zero-order chi connectivity index (χ0) is 13.7. The van der Waals surface area contributed by atoms with Crippen molar-refractivity contribution in [1.29, 1.82) is 0 Å². The quantitative estimate of drug-likeness (QED) is 0.825. The summed E-state index contributed by atoms with van der Waals surface area (Å²) < 4.78 is 5.45. The molecule has 0 aromatic carbocycles. The van der Waals surface area contributed by atoms with Gasteiger partial charge in [-0.2, -0.15) is 0 Å². The Bertz CT molecular complexity index is 404. The molecule has 1 aliphatic rings. The first kappa shape index (κ1) is 14.1. The van der Waals surface area contributed by atoms with Crippen molar-refractivity contribution in [3.05, 3.63) is 11.9 Å². The lowest BCUT2D eigenvalue weighted by molar-refractivity contribution is 0.183. The minimum absolute atomic E-state index is 0.373. The number of aromatic nitrogens is 2. The Morgan fingerprint density at radius 1 is 1.42 bits per heavy atom. The van der Waals surface area contributed by atoms with Gasteiger partial charge in [0, 0.05) is 31.2 Å². The number of nitrogens with zero attached hydrogens (tertiary/aromatic N) is 2. The zero-order valence-electron chi connectivity index (χ0n) is 12.1. The molecule has 1 aliphatic heterocycles. The van der Waals surface area contributed by atoms with E-state index in [0.29, 0.717) is 12.0 Å². The van der Waals surface area contributed by atoms with Crippen molar-refractivity contribution < 1.29 is 4.74 Å².